The van der Waals surface area contributed by atoms with E-state index in [0.29, 0.717) is 6.04 Å². The van der Waals surface area contributed by atoms with Crippen molar-refractivity contribution in [1.82, 2.24) is 14.0 Å². The maximum absolute atomic E-state index is 13.8. The zero-order valence-electron chi connectivity index (χ0n) is 15.4. The monoisotopic (exact) mass is 347 g/mol. The maximum atomic E-state index is 13.8. The van der Waals surface area contributed by atoms with E-state index < -0.39 is 0 Å². The minimum atomic E-state index is -0.106. The Bertz CT molecular complexity index is 1100. The van der Waals surface area contributed by atoms with E-state index in [2.05, 4.69) is 51.5 Å². The lowest BCUT2D eigenvalue weighted by molar-refractivity contribution is 0.0141. The van der Waals surface area contributed by atoms with Crippen molar-refractivity contribution in [2.24, 2.45) is 0 Å². The summed E-state index contributed by atoms with van der Waals surface area (Å²) in [6, 6.07) is 9.10. The van der Waals surface area contributed by atoms with Crippen LogP contribution in [0.1, 0.15) is 44.1 Å². The quantitative estimate of drug-likeness (QED) is 0.670. The van der Waals surface area contributed by atoms with Crippen molar-refractivity contribution in [3.05, 3.63) is 46.4 Å². The predicted molar refractivity (Wildman–Crippen MR) is 105 cm³/mol. The second-order valence-corrected chi connectivity index (χ2v) is 8.50. The molecule has 0 aliphatic carbocycles. The van der Waals surface area contributed by atoms with Gasteiger partial charge in [0.15, 0.2) is 0 Å². The van der Waals surface area contributed by atoms with E-state index in [1.807, 2.05) is 0 Å². The van der Waals surface area contributed by atoms with Gasteiger partial charge in [-0.2, -0.15) is 0 Å². The summed E-state index contributed by atoms with van der Waals surface area (Å²) < 4.78 is 4.53. The summed E-state index contributed by atoms with van der Waals surface area (Å²) in [6.07, 6.45) is 10.4. The molecule has 2 atom stereocenters. The van der Waals surface area contributed by atoms with E-state index in [1.165, 1.54) is 35.9 Å². The Morgan fingerprint density at radius 2 is 2.00 bits per heavy atom. The van der Waals surface area contributed by atoms with E-state index in [-0.39, 0.29) is 11.2 Å². The van der Waals surface area contributed by atoms with Crippen molar-refractivity contribution in [3.8, 4) is 0 Å². The summed E-state index contributed by atoms with van der Waals surface area (Å²) >= 11 is 0. The number of aryl methyl sites for hydroxylation is 2. The molecule has 0 spiro atoms. The van der Waals surface area contributed by atoms with Crippen LogP contribution in [0.2, 0.25) is 0 Å². The third-order valence-corrected chi connectivity index (χ3v) is 7.47. The Labute approximate surface area is 153 Å². The van der Waals surface area contributed by atoms with Crippen molar-refractivity contribution in [2.45, 2.75) is 63.2 Å². The van der Waals surface area contributed by atoms with E-state index in [0.717, 1.165) is 43.0 Å². The van der Waals surface area contributed by atoms with Gasteiger partial charge in [0, 0.05) is 29.7 Å². The Balaban J connectivity index is 1.74. The first kappa shape index (κ1) is 15.0. The smallest absolute Gasteiger partial charge is 0.262 e. The molecule has 0 amide bonds. The van der Waals surface area contributed by atoms with Gasteiger partial charge in [-0.25, -0.2) is 0 Å². The number of rotatable bonds is 1. The van der Waals surface area contributed by atoms with E-state index in [1.54, 1.807) is 0 Å². The lowest BCUT2D eigenvalue weighted by atomic mass is 9.95. The molecule has 2 bridgehead atoms. The van der Waals surface area contributed by atoms with E-state index >= 15 is 0 Å². The summed E-state index contributed by atoms with van der Waals surface area (Å²) in [4.78, 5) is 16.3. The second-order valence-electron chi connectivity index (χ2n) is 8.50. The number of hydrogen-bond donors (Lipinski definition) is 0. The molecule has 2 unspecified atom stereocenters. The van der Waals surface area contributed by atoms with Gasteiger partial charge >= 0.3 is 0 Å². The van der Waals surface area contributed by atoms with Gasteiger partial charge in [0.05, 0.1) is 10.9 Å². The Morgan fingerprint density at radius 1 is 1.12 bits per heavy atom. The minimum Gasteiger partial charge on any atom is -0.340 e. The first-order chi connectivity index (χ1) is 12.7. The van der Waals surface area contributed by atoms with Crippen molar-refractivity contribution < 1.29 is 0 Å². The number of pyridine rings is 1. The first-order valence-electron chi connectivity index (χ1n) is 10.1. The average molecular weight is 347 g/mol. The standard InChI is InChI=1S/C22H25N3O/c1-23-16-7-4-11-22(23,12-10-16)25-14-15-6-5-13-24-18-9-3-2-8-17(18)19(20(15)24)21(25)26/h2-3,8-9,14,16H,4-7,10-13H2,1H3. The highest BCUT2D eigenvalue weighted by molar-refractivity contribution is 6.08. The molecule has 1 aromatic carbocycles. The van der Waals surface area contributed by atoms with Gasteiger partial charge < -0.3 is 4.57 Å². The van der Waals surface area contributed by atoms with Crippen LogP contribution in [0.15, 0.2) is 35.3 Å². The summed E-state index contributed by atoms with van der Waals surface area (Å²) in [5.41, 5.74) is 3.89. The zero-order valence-corrected chi connectivity index (χ0v) is 15.4. The van der Waals surface area contributed by atoms with Crippen LogP contribution in [0.25, 0.3) is 21.8 Å². The fourth-order valence-electron chi connectivity index (χ4n) is 6.18. The summed E-state index contributed by atoms with van der Waals surface area (Å²) in [6.45, 7) is 1.02. The molecule has 2 aromatic heterocycles. The number of aromatic nitrogens is 2. The van der Waals surface area contributed by atoms with Crippen LogP contribution in [0.3, 0.4) is 0 Å². The molecule has 0 N–H and O–H groups in total. The lowest BCUT2D eigenvalue weighted by Gasteiger charge is -2.44. The largest absolute Gasteiger partial charge is 0.340 e. The van der Waals surface area contributed by atoms with E-state index in [9.17, 15) is 4.79 Å². The van der Waals surface area contributed by atoms with Crippen LogP contribution in [0, 0.1) is 0 Å². The lowest BCUT2D eigenvalue weighted by Crippen LogP contribution is -2.53. The van der Waals surface area contributed by atoms with Crippen molar-refractivity contribution >= 4 is 21.8 Å². The van der Waals surface area contributed by atoms with E-state index in [4.69, 9.17) is 0 Å². The highest BCUT2D eigenvalue weighted by Crippen LogP contribution is 2.46. The molecule has 26 heavy (non-hydrogen) atoms. The van der Waals surface area contributed by atoms with Gasteiger partial charge in [-0.15, -0.1) is 0 Å². The first-order valence-corrected chi connectivity index (χ1v) is 10.1. The molecule has 134 valence electrons. The molecular weight excluding hydrogens is 322 g/mol. The zero-order chi connectivity index (χ0) is 17.5. The van der Waals surface area contributed by atoms with Crippen LogP contribution in [-0.2, 0) is 18.6 Å². The van der Waals surface area contributed by atoms with Crippen LogP contribution < -0.4 is 5.56 Å². The number of piperidine rings is 1. The van der Waals surface area contributed by atoms with Gasteiger partial charge in [-0.1, -0.05) is 18.2 Å². The number of fused-ring (bicyclic) bond motifs is 5. The molecule has 0 saturated carbocycles. The van der Waals surface area contributed by atoms with Gasteiger partial charge in [-0.05, 0) is 63.6 Å². The third-order valence-electron chi connectivity index (χ3n) is 7.47. The number of hydrogen-bond acceptors (Lipinski definition) is 2. The van der Waals surface area contributed by atoms with Gasteiger partial charge in [0.2, 0.25) is 0 Å². The minimum absolute atomic E-state index is 0.106. The van der Waals surface area contributed by atoms with Gasteiger partial charge in [-0.3, -0.25) is 14.3 Å². The number of nitrogens with zero attached hydrogens (tertiary/aromatic N) is 3. The van der Waals surface area contributed by atoms with Crippen molar-refractivity contribution in [1.29, 1.82) is 0 Å². The molecule has 2 fully saturated rings. The van der Waals surface area contributed by atoms with Crippen LogP contribution in [-0.4, -0.2) is 27.1 Å². The molecule has 3 aromatic rings. The van der Waals surface area contributed by atoms with Crippen molar-refractivity contribution in [2.75, 3.05) is 7.05 Å². The highest BCUT2D eigenvalue weighted by atomic mass is 16.1. The third kappa shape index (κ3) is 1.67. The molecule has 3 aliphatic heterocycles. The van der Waals surface area contributed by atoms with Gasteiger partial charge in [0.25, 0.3) is 5.56 Å². The molecular formula is C22H25N3O. The number of benzene rings is 1. The summed E-state index contributed by atoms with van der Waals surface area (Å²) in [5.74, 6) is 0. The topological polar surface area (TPSA) is 30.2 Å². The normalized spacial score (nSPS) is 28.3. The van der Waals surface area contributed by atoms with Crippen LogP contribution >= 0.6 is 0 Å². The fraction of sp³-hybridized carbons (Fsp3) is 0.500. The Hall–Kier alpha value is -2.07. The van der Waals surface area contributed by atoms with Crippen LogP contribution in [0.5, 0.6) is 0 Å². The molecule has 0 radical (unpaired) electrons. The summed E-state index contributed by atoms with van der Waals surface area (Å²) in [7, 11) is 2.24. The highest BCUT2D eigenvalue weighted by Gasteiger charge is 2.48. The van der Waals surface area contributed by atoms with Gasteiger partial charge in [0.1, 0.15) is 5.66 Å². The Morgan fingerprint density at radius 3 is 2.92 bits per heavy atom. The molecule has 5 heterocycles. The molecule has 3 aliphatic rings. The predicted octanol–water partition coefficient (Wildman–Crippen LogP) is 3.83. The van der Waals surface area contributed by atoms with Crippen molar-refractivity contribution in [3.63, 3.8) is 0 Å². The average Bonchev–Trinajstić information content (AvgIpc) is 3.06. The fourth-order valence-corrected chi connectivity index (χ4v) is 6.18. The second kappa shape index (κ2) is 5.01. The Kier molecular flexibility index (Phi) is 2.90. The summed E-state index contributed by atoms with van der Waals surface area (Å²) in [5, 5.41) is 2.09. The molecule has 4 nitrogen and oxygen atoms in total. The molecule has 2 saturated heterocycles. The molecule has 6 rings (SSSR count). The molecule has 4 heteroatoms. The van der Waals surface area contributed by atoms with Crippen LogP contribution in [0.4, 0.5) is 0 Å². The SMILES string of the molecule is CN1C2CCCC1(n1cc3c4c(c1=O)c1ccccc1n4CCC3)CC2. The maximum Gasteiger partial charge on any atom is 0.262 e. The number of para-hydroxylation sites is 1.